The number of anilines is 1. The number of hydrogen-bond donors (Lipinski definition) is 0. The van der Waals surface area contributed by atoms with Crippen molar-refractivity contribution in [1.82, 2.24) is 4.98 Å². The van der Waals surface area contributed by atoms with E-state index in [1.54, 1.807) is 53.9 Å². The van der Waals surface area contributed by atoms with Gasteiger partial charge in [0.1, 0.15) is 0 Å². The summed E-state index contributed by atoms with van der Waals surface area (Å²) in [4.78, 5) is 58.9. The molecule has 2 aliphatic carbocycles. The quantitative estimate of drug-likeness (QED) is 0.183. The topological polar surface area (TPSA) is 93.6 Å². The van der Waals surface area contributed by atoms with E-state index >= 15 is 0 Å². The van der Waals surface area contributed by atoms with Crippen LogP contribution in [0.2, 0.25) is 0 Å². The van der Waals surface area contributed by atoms with Gasteiger partial charge in [0.05, 0.1) is 39.2 Å². The van der Waals surface area contributed by atoms with E-state index < -0.39 is 5.97 Å². The predicted molar refractivity (Wildman–Crippen MR) is 146 cm³/mol. The minimum Gasteiger partial charge on any atom is -0.454 e. The standard InChI is InChI=1S/C31H24N2O5S/c34-25(26-9-4-12-39-26)16-38-31(37)22-15-24(32-23-8-2-1-7-21(22)23)17-5-3-6-20(14-17)33-29(35)27-18-10-11-19(13-18)28(27)30(33)36/h1-9,12,14-15,18-19,27-28H,10-11,13,16H2. The first-order valence-electron chi connectivity index (χ1n) is 13.1. The molecule has 4 atom stereocenters. The molecule has 2 aromatic carbocycles. The number of rotatable bonds is 6. The highest BCUT2D eigenvalue weighted by Crippen LogP contribution is 2.56. The maximum atomic E-state index is 13.4. The number of imide groups is 1. The van der Waals surface area contributed by atoms with Gasteiger partial charge >= 0.3 is 5.97 Å². The number of fused-ring (bicyclic) bond motifs is 6. The Kier molecular flexibility index (Phi) is 5.66. The molecule has 0 N–H and O–H groups in total. The molecule has 3 aliphatic rings. The molecule has 0 radical (unpaired) electrons. The van der Waals surface area contributed by atoms with Crippen LogP contribution < -0.4 is 4.90 Å². The van der Waals surface area contributed by atoms with Crippen molar-refractivity contribution in [1.29, 1.82) is 0 Å². The van der Waals surface area contributed by atoms with E-state index in [4.69, 9.17) is 9.72 Å². The summed E-state index contributed by atoms with van der Waals surface area (Å²) in [5.41, 5.74) is 2.58. The summed E-state index contributed by atoms with van der Waals surface area (Å²) in [6.45, 7) is -0.357. The molecule has 2 amide bonds. The maximum absolute atomic E-state index is 13.4. The Bertz CT molecular complexity index is 1630. The Morgan fingerprint density at radius 2 is 1.69 bits per heavy atom. The van der Waals surface area contributed by atoms with Crippen LogP contribution in [0.5, 0.6) is 0 Å². The number of benzene rings is 2. The summed E-state index contributed by atoms with van der Waals surface area (Å²) in [5, 5.41) is 2.41. The predicted octanol–water partition coefficient (Wildman–Crippen LogP) is 5.54. The monoisotopic (exact) mass is 536 g/mol. The van der Waals surface area contributed by atoms with E-state index in [1.165, 1.54) is 16.2 Å². The Morgan fingerprint density at radius 1 is 0.923 bits per heavy atom. The molecule has 3 fully saturated rings. The zero-order chi connectivity index (χ0) is 26.7. The number of esters is 1. The summed E-state index contributed by atoms with van der Waals surface area (Å²) in [6, 6.07) is 19.5. The molecule has 194 valence electrons. The average Bonchev–Trinajstić information content (AvgIpc) is 3.76. The van der Waals surface area contributed by atoms with Crippen LogP contribution in [0, 0.1) is 23.7 Å². The number of ether oxygens (including phenoxy) is 1. The van der Waals surface area contributed by atoms with Crippen LogP contribution in [-0.2, 0) is 14.3 Å². The van der Waals surface area contributed by atoms with Gasteiger partial charge in [-0.3, -0.25) is 19.3 Å². The Hall–Kier alpha value is -4.17. The lowest BCUT2D eigenvalue weighted by molar-refractivity contribution is -0.123. The lowest BCUT2D eigenvalue weighted by atomic mass is 9.81. The van der Waals surface area contributed by atoms with Crippen molar-refractivity contribution >= 4 is 51.5 Å². The Labute approximate surface area is 228 Å². The van der Waals surface area contributed by atoms with Crippen molar-refractivity contribution in [2.45, 2.75) is 19.3 Å². The molecule has 7 rings (SSSR count). The summed E-state index contributed by atoms with van der Waals surface area (Å²) in [7, 11) is 0. The highest BCUT2D eigenvalue weighted by atomic mass is 32.1. The first-order valence-corrected chi connectivity index (χ1v) is 14.0. The SMILES string of the molecule is O=C(COC(=O)c1cc(-c2cccc(N3C(=O)C4C5CCC(C5)C4C3=O)c2)nc2ccccc12)c1cccs1. The molecular formula is C31H24N2O5S. The molecule has 7 nitrogen and oxygen atoms in total. The van der Waals surface area contributed by atoms with E-state index in [1.807, 2.05) is 18.2 Å². The van der Waals surface area contributed by atoms with E-state index in [9.17, 15) is 19.2 Å². The third-order valence-electron chi connectivity index (χ3n) is 8.39. The lowest BCUT2D eigenvalue weighted by Crippen LogP contribution is -2.32. The maximum Gasteiger partial charge on any atom is 0.339 e. The number of amides is 2. The lowest BCUT2D eigenvalue weighted by Gasteiger charge is -2.19. The third-order valence-corrected chi connectivity index (χ3v) is 9.30. The van der Waals surface area contributed by atoms with Gasteiger partial charge in [0.15, 0.2) is 6.61 Å². The number of thiophene rings is 1. The highest BCUT2D eigenvalue weighted by molar-refractivity contribution is 7.12. The van der Waals surface area contributed by atoms with Gasteiger partial charge in [0, 0.05) is 10.9 Å². The van der Waals surface area contributed by atoms with Crippen LogP contribution in [0.25, 0.3) is 22.2 Å². The normalized spacial score (nSPS) is 23.4. The van der Waals surface area contributed by atoms with E-state index in [2.05, 4.69) is 0 Å². The minimum atomic E-state index is -0.621. The van der Waals surface area contributed by atoms with E-state index in [0.717, 1.165) is 19.3 Å². The largest absolute Gasteiger partial charge is 0.454 e. The molecule has 1 aliphatic heterocycles. The second-order valence-corrected chi connectivity index (χ2v) is 11.4. The van der Waals surface area contributed by atoms with Gasteiger partial charge in [0.2, 0.25) is 17.6 Å². The molecule has 39 heavy (non-hydrogen) atoms. The van der Waals surface area contributed by atoms with Crippen molar-refractivity contribution in [3.8, 4) is 11.3 Å². The fourth-order valence-corrected chi connectivity index (χ4v) is 7.33. The van der Waals surface area contributed by atoms with Gasteiger partial charge in [-0.15, -0.1) is 11.3 Å². The third kappa shape index (κ3) is 3.89. The van der Waals surface area contributed by atoms with Gasteiger partial charge < -0.3 is 4.74 Å². The van der Waals surface area contributed by atoms with Crippen LogP contribution >= 0.6 is 11.3 Å². The van der Waals surface area contributed by atoms with Gasteiger partial charge in [-0.25, -0.2) is 9.78 Å². The average molecular weight is 537 g/mol. The van der Waals surface area contributed by atoms with Gasteiger partial charge in [-0.2, -0.15) is 0 Å². The number of Topliss-reactive ketones (excluding diaryl/α,β-unsaturated/α-hetero) is 1. The fraction of sp³-hybridized carbons (Fsp3) is 0.258. The first kappa shape index (κ1) is 23.9. The minimum absolute atomic E-state index is 0.0968. The molecule has 8 heteroatoms. The number of carbonyl (C=O) groups is 4. The number of hydrogen-bond acceptors (Lipinski definition) is 7. The Morgan fingerprint density at radius 3 is 2.44 bits per heavy atom. The number of ketones is 1. The van der Waals surface area contributed by atoms with E-state index in [0.29, 0.717) is 50.1 Å². The molecule has 1 saturated heterocycles. The molecule has 2 aromatic heterocycles. The summed E-state index contributed by atoms with van der Waals surface area (Å²) >= 11 is 1.30. The van der Waals surface area contributed by atoms with Crippen molar-refractivity contribution in [2.24, 2.45) is 23.7 Å². The van der Waals surface area contributed by atoms with Crippen molar-refractivity contribution in [3.05, 3.63) is 82.6 Å². The van der Waals surface area contributed by atoms with Gasteiger partial charge in [-0.1, -0.05) is 36.4 Å². The summed E-state index contributed by atoms with van der Waals surface area (Å²) in [5.74, 6) is -0.846. The van der Waals surface area contributed by atoms with Crippen molar-refractivity contribution in [2.75, 3.05) is 11.5 Å². The molecule has 4 unspecified atom stereocenters. The number of aromatic nitrogens is 1. The fourth-order valence-electron chi connectivity index (χ4n) is 6.68. The van der Waals surface area contributed by atoms with Crippen LogP contribution in [0.15, 0.2) is 72.1 Å². The van der Waals surface area contributed by atoms with Crippen LogP contribution in [0.4, 0.5) is 5.69 Å². The molecule has 4 aromatic rings. The Balaban J connectivity index is 1.21. The molecule has 0 spiro atoms. The number of pyridine rings is 1. The first-order chi connectivity index (χ1) is 19.0. The molecule has 3 heterocycles. The molecular weight excluding hydrogens is 512 g/mol. The van der Waals surface area contributed by atoms with Crippen molar-refractivity contribution in [3.63, 3.8) is 0 Å². The van der Waals surface area contributed by atoms with Gasteiger partial charge in [-0.05, 0) is 66.8 Å². The van der Waals surface area contributed by atoms with Crippen LogP contribution in [0.3, 0.4) is 0 Å². The highest BCUT2D eigenvalue weighted by Gasteiger charge is 2.61. The van der Waals surface area contributed by atoms with Crippen molar-refractivity contribution < 1.29 is 23.9 Å². The summed E-state index contributed by atoms with van der Waals surface area (Å²) in [6.07, 6.45) is 3.04. The molecule has 2 bridgehead atoms. The van der Waals surface area contributed by atoms with Crippen LogP contribution in [-0.4, -0.2) is 35.2 Å². The van der Waals surface area contributed by atoms with Crippen LogP contribution in [0.1, 0.15) is 39.3 Å². The smallest absolute Gasteiger partial charge is 0.339 e. The number of para-hydroxylation sites is 1. The summed E-state index contributed by atoms with van der Waals surface area (Å²) < 4.78 is 5.41. The van der Waals surface area contributed by atoms with E-state index in [-0.39, 0.29) is 36.0 Å². The number of carbonyl (C=O) groups excluding carboxylic acids is 4. The van der Waals surface area contributed by atoms with Gasteiger partial charge in [0.25, 0.3) is 0 Å². The second-order valence-electron chi connectivity index (χ2n) is 10.5. The second kappa shape index (κ2) is 9.24. The molecule has 2 saturated carbocycles. The zero-order valence-electron chi connectivity index (χ0n) is 20.9. The number of nitrogens with zero attached hydrogens (tertiary/aromatic N) is 2. The zero-order valence-corrected chi connectivity index (χ0v) is 21.7.